The minimum absolute atomic E-state index is 0.371. The van der Waals surface area contributed by atoms with E-state index in [1.54, 1.807) is 0 Å². The minimum Gasteiger partial charge on any atom is -0.343 e. The fourth-order valence-corrected chi connectivity index (χ4v) is 2.31. The van der Waals surface area contributed by atoms with Gasteiger partial charge in [0.15, 0.2) is 0 Å². The van der Waals surface area contributed by atoms with Crippen molar-refractivity contribution in [1.29, 1.82) is 0 Å². The lowest BCUT2D eigenvalue weighted by molar-refractivity contribution is -0.130. The first-order valence-electron chi connectivity index (χ1n) is 7.08. The maximum atomic E-state index is 11.9. The topological polar surface area (TPSA) is 32.3 Å². The molecule has 3 heteroatoms. The first-order chi connectivity index (χ1) is 8.13. The summed E-state index contributed by atoms with van der Waals surface area (Å²) in [5.41, 5.74) is 0. The number of nitrogens with zero attached hydrogens (tertiary/aromatic N) is 1. The first kappa shape index (κ1) is 14.5. The van der Waals surface area contributed by atoms with Crippen molar-refractivity contribution in [3.63, 3.8) is 0 Å². The Labute approximate surface area is 106 Å². The number of carbonyl (C=O) groups excluding carboxylic acids is 1. The van der Waals surface area contributed by atoms with E-state index in [2.05, 4.69) is 24.1 Å². The molecule has 2 atom stereocenters. The Morgan fingerprint density at radius 1 is 1.41 bits per heavy atom. The number of carbonyl (C=O) groups is 1. The largest absolute Gasteiger partial charge is 0.343 e. The van der Waals surface area contributed by atoms with Crippen LogP contribution < -0.4 is 5.32 Å². The summed E-state index contributed by atoms with van der Waals surface area (Å²) in [6.07, 6.45) is 6.57. The lowest BCUT2D eigenvalue weighted by atomic mass is 10.0. The van der Waals surface area contributed by atoms with Crippen molar-refractivity contribution >= 4 is 5.91 Å². The summed E-state index contributed by atoms with van der Waals surface area (Å²) >= 11 is 0. The van der Waals surface area contributed by atoms with Gasteiger partial charge in [0.2, 0.25) is 5.91 Å². The minimum atomic E-state index is 0.371. The lowest BCUT2D eigenvalue weighted by Gasteiger charge is -2.21. The molecule has 0 aromatic heterocycles. The van der Waals surface area contributed by atoms with Gasteiger partial charge < -0.3 is 10.2 Å². The highest BCUT2D eigenvalue weighted by Gasteiger charge is 2.19. The third-order valence-corrected chi connectivity index (χ3v) is 3.90. The van der Waals surface area contributed by atoms with Gasteiger partial charge >= 0.3 is 0 Å². The second-order valence-corrected chi connectivity index (χ2v) is 5.50. The average molecular weight is 240 g/mol. The zero-order valence-corrected chi connectivity index (χ0v) is 11.7. The average Bonchev–Trinajstić information content (AvgIpc) is 2.48. The van der Waals surface area contributed by atoms with Crippen LogP contribution in [0.25, 0.3) is 0 Å². The van der Waals surface area contributed by atoms with Gasteiger partial charge in [-0.15, -0.1) is 0 Å². The summed E-state index contributed by atoms with van der Waals surface area (Å²) in [5, 5.41) is 3.25. The monoisotopic (exact) mass is 240 g/mol. The normalized spacial score (nSPS) is 23.6. The van der Waals surface area contributed by atoms with E-state index in [9.17, 15) is 4.79 Å². The van der Waals surface area contributed by atoms with Gasteiger partial charge in [0.25, 0.3) is 0 Å². The molecule has 0 aromatic carbocycles. The van der Waals surface area contributed by atoms with Gasteiger partial charge in [-0.3, -0.25) is 4.79 Å². The van der Waals surface area contributed by atoms with Gasteiger partial charge in [-0.1, -0.05) is 13.3 Å². The Morgan fingerprint density at radius 2 is 2.18 bits per heavy atom. The second kappa shape index (κ2) is 7.70. The molecule has 0 aliphatic carbocycles. The number of rotatable bonds is 6. The highest BCUT2D eigenvalue weighted by molar-refractivity contribution is 5.76. The Morgan fingerprint density at radius 3 is 2.88 bits per heavy atom. The molecule has 0 saturated carbocycles. The molecule has 0 aromatic rings. The van der Waals surface area contributed by atoms with Crippen molar-refractivity contribution in [2.75, 3.05) is 20.1 Å². The summed E-state index contributed by atoms with van der Waals surface area (Å²) < 4.78 is 0. The van der Waals surface area contributed by atoms with E-state index >= 15 is 0 Å². The van der Waals surface area contributed by atoms with E-state index < -0.39 is 0 Å². The number of unbranched alkanes of at least 4 members (excludes halogenated alkanes) is 1. The molecule has 1 amide bonds. The number of hydrogen-bond donors (Lipinski definition) is 1. The van der Waals surface area contributed by atoms with Crippen LogP contribution in [0.3, 0.4) is 0 Å². The summed E-state index contributed by atoms with van der Waals surface area (Å²) in [5.74, 6) is 1.09. The molecule has 17 heavy (non-hydrogen) atoms. The van der Waals surface area contributed by atoms with Crippen molar-refractivity contribution in [3.05, 3.63) is 0 Å². The predicted octanol–water partition coefficient (Wildman–Crippen LogP) is 2.41. The molecule has 1 aliphatic heterocycles. The van der Waals surface area contributed by atoms with Crippen molar-refractivity contribution in [2.45, 2.75) is 58.4 Å². The third kappa shape index (κ3) is 5.53. The molecule has 0 bridgehead atoms. The third-order valence-electron chi connectivity index (χ3n) is 3.90. The van der Waals surface area contributed by atoms with Crippen LogP contribution in [0.1, 0.15) is 52.4 Å². The van der Waals surface area contributed by atoms with E-state index in [0.717, 1.165) is 32.4 Å². The van der Waals surface area contributed by atoms with Crippen LogP contribution in [0.5, 0.6) is 0 Å². The molecule has 1 aliphatic rings. The van der Waals surface area contributed by atoms with Crippen LogP contribution in [0.15, 0.2) is 0 Å². The van der Waals surface area contributed by atoms with Crippen LogP contribution in [0.4, 0.5) is 0 Å². The number of nitrogens with one attached hydrogen (secondary N) is 1. The van der Waals surface area contributed by atoms with Crippen LogP contribution in [0, 0.1) is 5.92 Å². The molecular formula is C14H28N2O. The smallest absolute Gasteiger partial charge is 0.222 e. The van der Waals surface area contributed by atoms with Crippen LogP contribution >= 0.6 is 0 Å². The number of amides is 1. The highest BCUT2D eigenvalue weighted by Crippen LogP contribution is 2.17. The van der Waals surface area contributed by atoms with E-state index in [-0.39, 0.29) is 0 Å². The highest BCUT2D eigenvalue weighted by atomic mass is 16.2. The van der Waals surface area contributed by atoms with Crippen molar-refractivity contribution in [2.24, 2.45) is 5.92 Å². The molecule has 1 rings (SSSR count). The summed E-state index contributed by atoms with van der Waals surface area (Å²) in [4.78, 5) is 13.9. The van der Waals surface area contributed by atoms with Gasteiger partial charge in [-0.2, -0.15) is 0 Å². The standard InChI is InChI=1S/C14H28N2O/c1-12-7-8-14(17)16(11-9-12)10-5-4-6-13(2)15-3/h12-13,15H,4-11H2,1-3H3. The SMILES string of the molecule is CNC(C)CCCCN1CCC(C)CCC1=O. The molecule has 0 radical (unpaired) electrons. The van der Waals surface area contributed by atoms with Gasteiger partial charge in [0, 0.05) is 25.6 Å². The Hall–Kier alpha value is -0.570. The van der Waals surface area contributed by atoms with Gasteiger partial charge in [-0.25, -0.2) is 0 Å². The molecular weight excluding hydrogens is 212 g/mol. The predicted molar refractivity (Wildman–Crippen MR) is 72.0 cm³/mol. The van der Waals surface area contributed by atoms with Crippen LogP contribution in [0.2, 0.25) is 0 Å². The van der Waals surface area contributed by atoms with Crippen LogP contribution in [-0.2, 0) is 4.79 Å². The molecule has 1 fully saturated rings. The molecule has 1 N–H and O–H groups in total. The number of likely N-dealkylation sites (tertiary alicyclic amines) is 1. The summed E-state index contributed by atoms with van der Waals surface area (Å²) in [6, 6.07) is 0.592. The zero-order chi connectivity index (χ0) is 12.7. The maximum Gasteiger partial charge on any atom is 0.222 e. The summed E-state index contributed by atoms with van der Waals surface area (Å²) in [6.45, 7) is 6.40. The lowest BCUT2D eigenvalue weighted by Crippen LogP contribution is -2.31. The molecule has 3 nitrogen and oxygen atoms in total. The molecule has 1 saturated heterocycles. The molecule has 1 heterocycles. The van der Waals surface area contributed by atoms with E-state index in [0.29, 0.717) is 17.9 Å². The summed E-state index contributed by atoms with van der Waals surface area (Å²) in [7, 11) is 2.00. The Kier molecular flexibility index (Phi) is 6.56. The van der Waals surface area contributed by atoms with E-state index in [4.69, 9.17) is 0 Å². The van der Waals surface area contributed by atoms with E-state index in [1.807, 2.05) is 7.05 Å². The van der Waals surface area contributed by atoms with Gasteiger partial charge in [0.05, 0.1) is 0 Å². The van der Waals surface area contributed by atoms with Gasteiger partial charge in [0.1, 0.15) is 0 Å². The fraction of sp³-hybridized carbons (Fsp3) is 0.929. The van der Waals surface area contributed by atoms with E-state index in [1.165, 1.54) is 19.3 Å². The van der Waals surface area contributed by atoms with Gasteiger partial charge in [-0.05, 0) is 45.6 Å². The van der Waals surface area contributed by atoms with Crippen molar-refractivity contribution in [3.8, 4) is 0 Å². The quantitative estimate of drug-likeness (QED) is 0.723. The second-order valence-electron chi connectivity index (χ2n) is 5.50. The fourth-order valence-electron chi connectivity index (χ4n) is 2.31. The number of hydrogen-bond acceptors (Lipinski definition) is 2. The van der Waals surface area contributed by atoms with Crippen molar-refractivity contribution < 1.29 is 4.79 Å². The molecule has 100 valence electrons. The van der Waals surface area contributed by atoms with Crippen LogP contribution in [-0.4, -0.2) is 37.0 Å². The Balaban J connectivity index is 2.19. The first-order valence-corrected chi connectivity index (χ1v) is 7.08. The van der Waals surface area contributed by atoms with Crippen molar-refractivity contribution in [1.82, 2.24) is 10.2 Å². The molecule has 0 spiro atoms. The molecule has 2 unspecified atom stereocenters. The Bertz CT molecular complexity index is 230. The zero-order valence-electron chi connectivity index (χ0n) is 11.7. The maximum absolute atomic E-state index is 11.9.